The molecule has 0 fully saturated rings. The lowest BCUT2D eigenvalue weighted by molar-refractivity contribution is -0.142. The van der Waals surface area contributed by atoms with Crippen LogP contribution in [0, 0.1) is 0 Å². The average molecular weight is 483 g/mol. The van der Waals surface area contributed by atoms with E-state index in [2.05, 4.69) is 48.5 Å². The van der Waals surface area contributed by atoms with E-state index in [9.17, 15) is 24.3 Å². The second-order valence-corrected chi connectivity index (χ2v) is 7.42. The molecule has 2 heterocycles. The molecule has 0 aliphatic carbocycles. The summed E-state index contributed by atoms with van der Waals surface area (Å²) in [5.41, 5.74) is 7.07. The van der Waals surface area contributed by atoms with Crippen molar-refractivity contribution in [1.29, 1.82) is 0 Å². The minimum atomic E-state index is -1.46. The first-order valence-electron chi connectivity index (χ1n) is 9.80. The molecule has 2 aromatic rings. The van der Waals surface area contributed by atoms with Crippen molar-refractivity contribution in [2.45, 2.75) is 37.0 Å². The van der Waals surface area contributed by atoms with Gasteiger partial charge in [-0.3, -0.25) is 14.4 Å². The van der Waals surface area contributed by atoms with Gasteiger partial charge in [-0.25, -0.2) is 14.8 Å². The topological polar surface area (TPSA) is 228 Å². The first-order chi connectivity index (χ1) is 15.7. The summed E-state index contributed by atoms with van der Waals surface area (Å²) in [4.78, 5) is 62.2. The molecular formula is C18H26N8O6S. The van der Waals surface area contributed by atoms with Crippen LogP contribution in [-0.4, -0.2) is 90.4 Å². The van der Waals surface area contributed by atoms with Gasteiger partial charge in [0.1, 0.15) is 18.1 Å². The number of nitrogens with one attached hydrogen (secondary N) is 5. The summed E-state index contributed by atoms with van der Waals surface area (Å²) in [7, 11) is 0. The van der Waals surface area contributed by atoms with Gasteiger partial charge < -0.3 is 41.9 Å². The van der Waals surface area contributed by atoms with Crippen LogP contribution in [0.2, 0.25) is 0 Å². The molecule has 14 nitrogen and oxygen atoms in total. The van der Waals surface area contributed by atoms with Crippen molar-refractivity contribution >= 4 is 36.3 Å². The summed E-state index contributed by atoms with van der Waals surface area (Å²) in [6, 6.07) is -4.94. The van der Waals surface area contributed by atoms with Crippen LogP contribution >= 0.6 is 12.6 Å². The van der Waals surface area contributed by atoms with Crippen LogP contribution in [0.1, 0.15) is 11.4 Å². The first-order valence-corrected chi connectivity index (χ1v) is 10.4. The largest absolute Gasteiger partial charge is 0.480 e. The molecule has 0 saturated heterocycles. The highest BCUT2D eigenvalue weighted by Gasteiger charge is 2.30. The minimum absolute atomic E-state index is 0.0114. The van der Waals surface area contributed by atoms with Gasteiger partial charge in [0.15, 0.2) is 0 Å². The Balaban J connectivity index is 2.08. The molecule has 0 aliphatic heterocycles. The second-order valence-electron chi connectivity index (χ2n) is 7.06. The summed E-state index contributed by atoms with van der Waals surface area (Å²) in [6.07, 6.45) is 5.94. The number of nitrogens with two attached hydrogens (primary N) is 1. The standard InChI is InChI=1S/C18H26N8O6S/c19-11(1-9-3-20-7-22-9)15(28)24-12(2-10-4-21-8-23-10)16(29)25-13(5-27)17(30)26-14(6-33)18(31)32/h3-4,7-8,11-14,27,33H,1-2,5-6,19H2,(H,20,22)(H,21,23)(H,24,28)(H,25,29)(H,26,30)(H,31,32). The summed E-state index contributed by atoms with van der Waals surface area (Å²) in [6.45, 7) is -0.805. The van der Waals surface area contributed by atoms with Crippen molar-refractivity contribution in [3.8, 4) is 0 Å². The van der Waals surface area contributed by atoms with Crippen molar-refractivity contribution in [3.63, 3.8) is 0 Å². The van der Waals surface area contributed by atoms with Gasteiger partial charge in [-0.1, -0.05) is 0 Å². The molecule has 0 aliphatic rings. The molecule has 0 bridgehead atoms. The Morgan fingerprint density at radius 1 is 0.909 bits per heavy atom. The van der Waals surface area contributed by atoms with Crippen molar-refractivity contribution in [2.24, 2.45) is 5.73 Å². The van der Waals surface area contributed by atoms with Crippen molar-refractivity contribution in [2.75, 3.05) is 12.4 Å². The average Bonchev–Trinajstić information content (AvgIpc) is 3.48. The van der Waals surface area contributed by atoms with E-state index in [0.717, 1.165) is 0 Å². The lowest BCUT2D eigenvalue weighted by atomic mass is 10.1. The van der Waals surface area contributed by atoms with Gasteiger partial charge in [-0.2, -0.15) is 12.6 Å². The number of amides is 3. The minimum Gasteiger partial charge on any atom is -0.480 e. The summed E-state index contributed by atoms with van der Waals surface area (Å²) in [5, 5.41) is 25.6. The zero-order valence-electron chi connectivity index (χ0n) is 17.4. The van der Waals surface area contributed by atoms with Gasteiger partial charge in [-0.15, -0.1) is 0 Å². The maximum Gasteiger partial charge on any atom is 0.327 e. The second kappa shape index (κ2) is 12.6. The maximum absolute atomic E-state index is 12.9. The fraction of sp³-hybridized carbons (Fsp3) is 0.444. The maximum atomic E-state index is 12.9. The van der Waals surface area contributed by atoms with E-state index < -0.39 is 54.5 Å². The number of aromatic amines is 2. The molecule has 33 heavy (non-hydrogen) atoms. The van der Waals surface area contributed by atoms with E-state index in [0.29, 0.717) is 11.4 Å². The van der Waals surface area contributed by atoms with E-state index in [-0.39, 0.29) is 18.6 Å². The zero-order chi connectivity index (χ0) is 24.4. The predicted molar refractivity (Wildman–Crippen MR) is 117 cm³/mol. The molecule has 4 atom stereocenters. The molecular weight excluding hydrogens is 456 g/mol. The number of carbonyl (C=O) groups excluding carboxylic acids is 3. The number of hydrogen-bond acceptors (Lipinski definition) is 9. The van der Waals surface area contributed by atoms with E-state index in [4.69, 9.17) is 10.8 Å². The molecule has 3 amide bonds. The number of aliphatic hydroxyl groups excluding tert-OH is 1. The number of aliphatic carboxylic acids is 1. The van der Waals surface area contributed by atoms with E-state index >= 15 is 0 Å². The van der Waals surface area contributed by atoms with Gasteiger partial charge in [0.2, 0.25) is 17.7 Å². The Bertz CT molecular complexity index is 923. The van der Waals surface area contributed by atoms with Gasteiger partial charge in [0, 0.05) is 42.4 Å². The van der Waals surface area contributed by atoms with E-state index in [1.165, 1.54) is 25.0 Å². The smallest absolute Gasteiger partial charge is 0.327 e. The quantitative estimate of drug-likeness (QED) is 0.130. The van der Waals surface area contributed by atoms with Crippen LogP contribution < -0.4 is 21.7 Å². The van der Waals surface area contributed by atoms with Crippen LogP contribution in [0.25, 0.3) is 0 Å². The number of carbonyl (C=O) groups is 4. The summed E-state index contributed by atoms with van der Waals surface area (Å²) < 4.78 is 0. The number of nitrogens with zero attached hydrogens (tertiary/aromatic N) is 2. The predicted octanol–water partition coefficient (Wildman–Crippen LogP) is -3.29. The Morgan fingerprint density at radius 2 is 1.42 bits per heavy atom. The number of hydrogen-bond donors (Lipinski definition) is 9. The highest BCUT2D eigenvalue weighted by molar-refractivity contribution is 7.80. The lowest BCUT2D eigenvalue weighted by Crippen LogP contribution is -2.58. The van der Waals surface area contributed by atoms with Gasteiger partial charge in [0.05, 0.1) is 25.3 Å². The number of thiol groups is 1. The number of carboxylic acids is 1. The van der Waals surface area contributed by atoms with Crippen LogP contribution in [-0.2, 0) is 32.0 Å². The fourth-order valence-electron chi connectivity index (χ4n) is 2.75. The number of H-pyrrole nitrogens is 2. The third kappa shape index (κ3) is 7.89. The Labute approximate surface area is 193 Å². The third-order valence-corrected chi connectivity index (χ3v) is 4.92. The third-order valence-electron chi connectivity index (χ3n) is 4.56. The lowest BCUT2D eigenvalue weighted by Gasteiger charge is -2.24. The van der Waals surface area contributed by atoms with Crippen LogP contribution in [0.4, 0.5) is 0 Å². The monoisotopic (exact) mass is 482 g/mol. The van der Waals surface area contributed by atoms with Gasteiger partial charge in [-0.05, 0) is 0 Å². The fourth-order valence-corrected chi connectivity index (χ4v) is 3.00. The molecule has 2 rings (SSSR count). The van der Waals surface area contributed by atoms with Gasteiger partial charge >= 0.3 is 5.97 Å². The van der Waals surface area contributed by atoms with Crippen LogP contribution in [0.5, 0.6) is 0 Å². The van der Waals surface area contributed by atoms with Crippen molar-refractivity contribution in [3.05, 3.63) is 36.4 Å². The normalized spacial score (nSPS) is 14.5. The highest BCUT2D eigenvalue weighted by atomic mass is 32.1. The molecule has 4 unspecified atom stereocenters. The molecule has 2 aromatic heterocycles. The molecule has 0 saturated carbocycles. The first kappa shape index (κ1) is 25.8. The van der Waals surface area contributed by atoms with Gasteiger partial charge in [0.25, 0.3) is 0 Å². The zero-order valence-corrected chi connectivity index (χ0v) is 18.3. The summed E-state index contributed by atoms with van der Waals surface area (Å²) in [5.74, 6) is -3.86. The summed E-state index contributed by atoms with van der Waals surface area (Å²) >= 11 is 3.85. The SMILES string of the molecule is NC(Cc1cnc[nH]1)C(=O)NC(Cc1cnc[nH]1)C(=O)NC(CO)C(=O)NC(CS)C(=O)O. The molecule has 0 spiro atoms. The van der Waals surface area contributed by atoms with Crippen molar-refractivity contribution in [1.82, 2.24) is 35.9 Å². The van der Waals surface area contributed by atoms with Crippen LogP contribution in [0.3, 0.4) is 0 Å². The highest BCUT2D eigenvalue weighted by Crippen LogP contribution is 2.03. The molecule has 0 aromatic carbocycles. The number of aliphatic hydroxyl groups is 1. The van der Waals surface area contributed by atoms with Crippen LogP contribution in [0.15, 0.2) is 25.0 Å². The Morgan fingerprint density at radius 3 is 1.91 bits per heavy atom. The van der Waals surface area contributed by atoms with E-state index in [1.54, 1.807) is 0 Å². The molecule has 180 valence electrons. The molecule has 0 radical (unpaired) electrons. The number of rotatable bonds is 13. The van der Waals surface area contributed by atoms with Crippen molar-refractivity contribution < 1.29 is 29.4 Å². The Kier molecular flexibility index (Phi) is 9.84. The molecule has 15 heteroatoms. The van der Waals surface area contributed by atoms with E-state index in [1.807, 2.05) is 0 Å². The molecule has 9 N–H and O–H groups in total. The number of imidazole rings is 2. The Hall–Kier alpha value is -3.43. The number of carboxylic acid groups (broad SMARTS) is 1. The number of aromatic nitrogens is 4.